The molecule has 0 bridgehead atoms. The number of oxazole rings is 1. The molecule has 0 saturated carbocycles. The first-order valence-corrected chi connectivity index (χ1v) is 10.8. The topological polar surface area (TPSA) is 110 Å². The van der Waals surface area contributed by atoms with Gasteiger partial charge in [-0.05, 0) is 43.9 Å². The normalized spacial score (nSPS) is 16.9. The summed E-state index contributed by atoms with van der Waals surface area (Å²) < 4.78 is 19.5. The predicted molar refractivity (Wildman–Crippen MR) is 125 cm³/mol. The quantitative estimate of drug-likeness (QED) is 0.454. The zero-order valence-corrected chi connectivity index (χ0v) is 18.6. The Morgan fingerprint density at radius 1 is 1.33 bits per heavy atom. The van der Waals surface area contributed by atoms with E-state index in [0.29, 0.717) is 30.1 Å². The van der Waals surface area contributed by atoms with Crippen LogP contribution in [0.3, 0.4) is 0 Å². The number of benzene rings is 1. The Bertz CT molecular complexity index is 984. The summed E-state index contributed by atoms with van der Waals surface area (Å²) in [7, 11) is 0. The van der Waals surface area contributed by atoms with Gasteiger partial charge in [-0.25, -0.2) is 9.37 Å². The molecule has 0 unspecified atom stereocenters. The van der Waals surface area contributed by atoms with Gasteiger partial charge in [-0.2, -0.15) is 0 Å². The van der Waals surface area contributed by atoms with Crippen molar-refractivity contribution < 1.29 is 23.5 Å². The van der Waals surface area contributed by atoms with Gasteiger partial charge in [0.1, 0.15) is 23.8 Å². The number of nitrogens with two attached hydrogens (primary N) is 1. The van der Waals surface area contributed by atoms with E-state index in [9.17, 15) is 9.18 Å². The van der Waals surface area contributed by atoms with Crippen LogP contribution in [0.25, 0.3) is 6.08 Å². The molecule has 1 aliphatic rings. The lowest BCUT2D eigenvalue weighted by Gasteiger charge is -2.24. The fraction of sp³-hybridized carbons (Fsp3) is 0.320. The maximum Gasteiger partial charge on any atom is 0.290 e. The average molecular weight is 456 g/mol. The second-order valence-corrected chi connectivity index (χ2v) is 7.49. The number of amides is 1. The van der Waals surface area contributed by atoms with E-state index in [4.69, 9.17) is 20.1 Å². The number of hydrogen-bond donors (Lipinski definition) is 2. The zero-order valence-electron chi connectivity index (χ0n) is 18.6. The Labute approximate surface area is 193 Å². The van der Waals surface area contributed by atoms with Crippen LogP contribution in [0.1, 0.15) is 49.4 Å². The molecule has 3 rings (SSSR count). The van der Waals surface area contributed by atoms with Crippen molar-refractivity contribution >= 4 is 18.5 Å². The lowest BCUT2D eigenvalue weighted by atomic mass is 10.0. The summed E-state index contributed by atoms with van der Waals surface area (Å²) in [5.41, 5.74) is 7.39. The van der Waals surface area contributed by atoms with Crippen LogP contribution in [-0.2, 0) is 16.0 Å². The van der Waals surface area contributed by atoms with Gasteiger partial charge in [0.2, 0.25) is 11.8 Å². The van der Waals surface area contributed by atoms with Crippen LogP contribution < -0.4 is 5.73 Å². The highest BCUT2D eigenvalue weighted by molar-refractivity contribution is 5.77. The van der Waals surface area contributed by atoms with Gasteiger partial charge in [-0.1, -0.05) is 48.6 Å². The summed E-state index contributed by atoms with van der Waals surface area (Å²) in [6.45, 7) is 2.36. The van der Waals surface area contributed by atoms with Crippen LogP contribution in [0, 0.1) is 5.82 Å². The molecule has 7 nitrogen and oxygen atoms in total. The van der Waals surface area contributed by atoms with E-state index in [1.54, 1.807) is 29.4 Å². The molecule has 0 aliphatic carbocycles. The summed E-state index contributed by atoms with van der Waals surface area (Å²) in [6, 6.07) is 5.90. The average Bonchev–Trinajstić information content (AvgIpc) is 3.45. The van der Waals surface area contributed by atoms with Gasteiger partial charge in [0.25, 0.3) is 6.47 Å². The maximum absolute atomic E-state index is 13.8. The molecule has 1 fully saturated rings. The number of nitrogens with zero attached hydrogens (tertiary/aromatic N) is 2. The van der Waals surface area contributed by atoms with E-state index in [2.05, 4.69) is 4.98 Å². The Balaban J connectivity index is 0.00000122. The first-order chi connectivity index (χ1) is 16.0. The van der Waals surface area contributed by atoms with E-state index in [-0.39, 0.29) is 30.7 Å². The minimum absolute atomic E-state index is 0.0501. The number of aromatic nitrogens is 1. The maximum atomic E-state index is 13.8. The molecular formula is C25H30FN3O4. The summed E-state index contributed by atoms with van der Waals surface area (Å²) in [4.78, 5) is 27.5. The largest absolute Gasteiger partial charge is 0.483 e. The molecule has 33 heavy (non-hydrogen) atoms. The van der Waals surface area contributed by atoms with Gasteiger partial charge in [-0.3, -0.25) is 9.59 Å². The molecule has 1 aromatic heterocycles. The molecule has 0 spiro atoms. The number of allylic oxidation sites excluding steroid dienone is 5. The lowest BCUT2D eigenvalue weighted by molar-refractivity contribution is -0.133. The summed E-state index contributed by atoms with van der Waals surface area (Å²) >= 11 is 0. The van der Waals surface area contributed by atoms with E-state index < -0.39 is 6.04 Å². The molecule has 2 heterocycles. The molecule has 1 aliphatic heterocycles. The van der Waals surface area contributed by atoms with E-state index in [1.165, 1.54) is 6.07 Å². The SMILES string of the molecule is CC=CC=CC=Cc1coc([C@@H]2CCCN2C(=O)C[C@H](N)Cc2ccccc2F)n1.O=CO. The predicted octanol–water partition coefficient (Wildman–Crippen LogP) is 4.28. The standard InChI is InChI=1S/C24H28FN3O2.CH2O2/c1-2-3-4-5-6-11-20-17-30-24(27-20)22-13-9-14-28(22)23(29)16-19(26)15-18-10-7-8-12-21(18)25;2-1-3/h2-8,10-12,17,19,22H,9,13-16,26H2,1H3;1H,(H,2,3)/t19-,22+;/m1./s1. The first-order valence-electron chi connectivity index (χ1n) is 10.8. The van der Waals surface area contributed by atoms with Gasteiger partial charge < -0.3 is 20.2 Å². The monoisotopic (exact) mass is 455 g/mol. The first kappa shape index (κ1) is 25.7. The Hall–Kier alpha value is -3.52. The fourth-order valence-electron chi connectivity index (χ4n) is 3.61. The summed E-state index contributed by atoms with van der Waals surface area (Å²) in [5, 5.41) is 6.89. The highest BCUT2D eigenvalue weighted by Gasteiger charge is 2.33. The molecule has 1 amide bonds. The van der Waals surface area contributed by atoms with Crippen LogP contribution in [0.15, 0.2) is 65.3 Å². The molecular weight excluding hydrogens is 425 g/mol. The number of carbonyl (C=O) groups is 2. The number of likely N-dealkylation sites (tertiary alicyclic amines) is 1. The van der Waals surface area contributed by atoms with Crippen molar-refractivity contribution in [1.82, 2.24) is 9.88 Å². The highest BCUT2D eigenvalue weighted by Crippen LogP contribution is 2.32. The lowest BCUT2D eigenvalue weighted by Crippen LogP contribution is -2.36. The smallest absolute Gasteiger partial charge is 0.290 e. The van der Waals surface area contributed by atoms with E-state index >= 15 is 0 Å². The molecule has 2 aromatic rings. The second-order valence-electron chi connectivity index (χ2n) is 7.49. The van der Waals surface area contributed by atoms with Gasteiger partial charge in [0.15, 0.2) is 0 Å². The number of hydrogen-bond acceptors (Lipinski definition) is 5. The summed E-state index contributed by atoms with van der Waals surface area (Å²) in [6.07, 6.45) is 15.3. The van der Waals surface area contributed by atoms with Crippen LogP contribution in [-0.4, -0.2) is 40.0 Å². The molecule has 176 valence electrons. The molecule has 1 aromatic carbocycles. The van der Waals surface area contributed by atoms with Crippen molar-refractivity contribution in [3.05, 3.63) is 83.9 Å². The van der Waals surface area contributed by atoms with Crippen molar-refractivity contribution in [2.75, 3.05) is 6.54 Å². The number of carbonyl (C=O) groups excluding carboxylic acids is 1. The zero-order chi connectivity index (χ0) is 24.1. The van der Waals surface area contributed by atoms with Crippen molar-refractivity contribution in [3.8, 4) is 0 Å². The van der Waals surface area contributed by atoms with Crippen molar-refractivity contribution in [2.24, 2.45) is 5.73 Å². The van der Waals surface area contributed by atoms with Crippen LogP contribution in [0.4, 0.5) is 4.39 Å². The van der Waals surface area contributed by atoms with E-state index in [0.717, 1.165) is 12.8 Å². The highest BCUT2D eigenvalue weighted by atomic mass is 19.1. The third-order valence-electron chi connectivity index (χ3n) is 5.07. The molecule has 2 atom stereocenters. The summed E-state index contributed by atoms with van der Waals surface area (Å²) in [5.74, 6) is 0.201. The van der Waals surface area contributed by atoms with Crippen molar-refractivity contribution in [2.45, 2.75) is 44.7 Å². The third kappa shape index (κ3) is 8.16. The van der Waals surface area contributed by atoms with Gasteiger partial charge >= 0.3 is 0 Å². The van der Waals surface area contributed by atoms with Crippen molar-refractivity contribution in [1.29, 1.82) is 0 Å². The second kappa shape index (κ2) is 13.8. The number of rotatable bonds is 8. The van der Waals surface area contributed by atoms with Gasteiger partial charge in [0, 0.05) is 19.0 Å². The minimum atomic E-state index is -0.442. The molecule has 3 N–H and O–H groups in total. The van der Waals surface area contributed by atoms with Crippen LogP contribution in [0.2, 0.25) is 0 Å². The Morgan fingerprint density at radius 2 is 2.06 bits per heavy atom. The molecule has 1 saturated heterocycles. The Kier molecular flexibility index (Phi) is 10.8. The third-order valence-corrected chi connectivity index (χ3v) is 5.07. The van der Waals surface area contributed by atoms with E-state index in [1.807, 2.05) is 43.4 Å². The Morgan fingerprint density at radius 3 is 2.79 bits per heavy atom. The minimum Gasteiger partial charge on any atom is -0.483 e. The van der Waals surface area contributed by atoms with Crippen molar-refractivity contribution in [3.63, 3.8) is 0 Å². The van der Waals surface area contributed by atoms with Crippen LogP contribution >= 0.6 is 0 Å². The van der Waals surface area contributed by atoms with Gasteiger partial charge in [-0.15, -0.1) is 0 Å². The molecule has 0 radical (unpaired) electrons. The number of carboxylic acid groups (broad SMARTS) is 1. The van der Waals surface area contributed by atoms with Crippen LogP contribution in [0.5, 0.6) is 0 Å². The number of halogens is 1. The van der Waals surface area contributed by atoms with Gasteiger partial charge in [0.05, 0.1) is 0 Å². The molecule has 8 heteroatoms. The fourth-order valence-corrected chi connectivity index (χ4v) is 3.61.